The third-order valence-electron chi connectivity index (χ3n) is 4.08. The van der Waals surface area contributed by atoms with Crippen LogP contribution in [0.5, 0.6) is 0 Å². The molecule has 1 aromatic carbocycles. The van der Waals surface area contributed by atoms with Crippen molar-refractivity contribution in [2.45, 2.75) is 83.0 Å². The molecule has 0 aromatic heterocycles. The van der Waals surface area contributed by atoms with Crippen molar-refractivity contribution in [3.8, 4) is 0 Å². The second kappa shape index (κ2) is 13.0. The van der Waals surface area contributed by atoms with Gasteiger partial charge in [-0.2, -0.15) is 0 Å². The van der Waals surface area contributed by atoms with E-state index < -0.39 is 10.1 Å². The minimum atomic E-state index is -4.38. The van der Waals surface area contributed by atoms with Crippen LogP contribution in [0.1, 0.15) is 76.3 Å². The Balaban J connectivity index is 0.00000484. The van der Waals surface area contributed by atoms with E-state index in [1.165, 1.54) is 18.9 Å². The van der Waals surface area contributed by atoms with Crippen LogP contribution in [0.2, 0.25) is 0 Å². The molecule has 0 spiro atoms. The Morgan fingerprint density at radius 1 is 0.870 bits per heavy atom. The quantitative estimate of drug-likeness (QED) is 0.342. The van der Waals surface area contributed by atoms with E-state index >= 15 is 0 Å². The zero-order valence-corrected chi connectivity index (χ0v) is 18.9. The summed E-state index contributed by atoms with van der Waals surface area (Å²) in [5.41, 5.74) is 1.81. The first kappa shape index (κ1) is 23.8. The Hall–Kier alpha value is 0.766. The molecule has 126 valence electrons. The van der Waals surface area contributed by atoms with Crippen LogP contribution in [0.4, 0.5) is 0 Å². The van der Waals surface area contributed by atoms with Crippen molar-refractivity contribution in [3.63, 3.8) is 0 Å². The summed E-state index contributed by atoms with van der Waals surface area (Å²) in [5, 5.41) is 0. The van der Waals surface area contributed by atoms with Crippen LogP contribution >= 0.6 is 0 Å². The maximum Gasteiger partial charge on any atom is 1.00 e. The molecule has 0 unspecified atom stereocenters. The van der Waals surface area contributed by atoms with Crippen LogP contribution in [0.15, 0.2) is 23.1 Å². The number of hydrogen-bond donors (Lipinski definition) is 0. The van der Waals surface area contributed by atoms with Gasteiger partial charge in [-0.05, 0) is 42.9 Å². The summed E-state index contributed by atoms with van der Waals surface area (Å²) in [7, 11) is -4.38. The van der Waals surface area contributed by atoms with Crippen LogP contribution in [0, 0.1) is 0 Å². The summed E-state index contributed by atoms with van der Waals surface area (Å²) in [4.78, 5) is -0.00279. The molecule has 0 saturated carbocycles. The molecule has 0 aliphatic rings. The number of hydrogen-bond acceptors (Lipinski definition) is 3. The number of benzene rings is 1. The van der Waals surface area contributed by atoms with E-state index in [9.17, 15) is 13.0 Å². The molecular formula is C18H29KO3S. The Bertz CT molecular complexity index is 541. The Labute approximate surface area is 184 Å². The molecule has 5 heteroatoms. The topological polar surface area (TPSA) is 57.2 Å². The maximum absolute atomic E-state index is 11.5. The van der Waals surface area contributed by atoms with E-state index in [0.717, 1.165) is 56.1 Å². The van der Waals surface area contributed by atoms with Gasteiger partial charge in [0.1, 0.15) is 10.1 Å². The average molecular weight is 365 g/mol. The Kier molecular flexibility index (Phi) is 13.5. The van der Waals surface area contributed by atoms with Crippen LogP contribution in [-0.2, 0) is 23.0 Å². The van der Waals surface area contributed by atoms with Crippen molar-refractivity contribution in [3.05, 3.63) is 29.3 Å². The van der Waals surface area contributed by atoms with Crippen LogP contribution in [0.3, 0.4) is 0 Å². The number of aryl methyl sites for hydroxylation is 1. The molecule has 0 radical (unpaired) electrons. The molecule has 0 aliphatic carbocycles. The monoisotopic (exact) mass is 364 g/mol. The van der Waals surface area contributed by atoms with Crippen molar-refractivity contribution >= 4 is 10.1 Å². The van der Waals surface area contributed by atoms with Crippen molar-refractivity contribution in [1.29, 1.82) is 0 Å². The molecule has 3 nitrogen and oxygen atoms in total. The molecule has 0 aliphatic heterocycles. The maximum atomic E-state index is 11.5. The van der Waals surface area contributed by atoms with Gasteiger partial charge in [0, 0.05) is 0 Å². The van der Waals surface area contributed by atoms with Gasteiger partial charge in [0.2, 0.25) is 0 Å². The van der Waals surface area contributed by atoms with Crippen LogP contribution in [0.25, 0.3) is 0 Å². The normalized spacial score (nSPS) is 11.3. The molecule has 1 aromatic rings. The van der Waals surface area contributed by atoms with Crippen molar-refractivity contribution in [2.24, 2.45) is 0 Å². The predicted octanol–water partition coefficient (Wildman–Crippen LogP) is 1.84. The van der Waals surface area contributed by atoms with Crippen LogP contribution < -0.4 is 51.4 Å². The summed E-state index contributed by atoms with van der Waals surface area (Å²) in [6.45, 7) is 4.32. The van der Waals surface area contributed by atoms with Gasteiger partial charge in [0.25, 0.3) is 0 Å². The van der Waals surface area contributed by atoms with E-state index in [1.54, 1.807) is 6.07 Å². The molecule has 23 heavy (non-hydrogen) atoms. The molecule has 0 bridgehead atoms. The standard InChI is InChI=1S/C18H30O3S.K/c1-3-5-7-9-12-16-13-11-15-18(22(19,20)21)17(16)14-10-8-6-4-2;/h11,13,15H,3-10,12,14H2,1-2H3,(H,19,20,21);/q;+1/p-1. The largest absolute Gasteiger partial charge is 1.00 e. The van der Waals surface area contributed by atoms with E-state index in [2.05, 4.69) is 13.8 Å². The van der Waals surface area contributed by atoms with Gasteiger partial charge in [0.05, 0.1) is 4.90 Å². The van der Waals surface area contributed by atoms with E-state index in [1.807, 2.05) is 6.07 Å². The summed E-state index contributed by atoms with van der Waals surface area (Å²) < 4.78 is 34.5. The first-order valence-electron chi connectivity index (χ1n) is 8.57. The number of unbranched alkanes of at least 4 members (excludes halogenated alkanes) is 6. The molecule has 0 heterocycles. The van der Waals surface area contributed by atoms with Crippen molar-refractivity contribution in [1.82, 2.24) is 0 Å². The third-order valence-corrected chi connectivity index (χ3v) is 5.00. The zero-order valence-electron chi connectivity index (χ0n) is 14.9. The molecule has 0 saturated heterocycles. The predicted molar refractivity (Wildman–Crippen MR) is 90.1 cm³/mol. The molecular weight excluding hydrogens is 335 g/mol. The van der Waals surface area contributed by atoms with Gasteiger partial charge in [-0.25, -0.2) is 8.42 Å². The SMILES string of the molecule is CCCCCCc1cccc(S(=O)(=O)[O-])c1CCCCCC.[K+]. The molecule has 0 atom stereocenters. The Morgan fingerprint density at radius 2 is 1.43 bits per heavy atom. The van der Waals surface area contributed by atoms with Gasteiger partial charge in [-0.15, -0.1) is 0 Å². The number of rotatable bonds is 11. The minimum absolute atomic E-state index is 0. The van der Waals surface area contributed by atoms with Gasteiger partial charge >= 0.3 is 51.4 Å². The summed E-state index contributed by atoms with van der Waals surface area (Å²) >= 11 is 0. The first-order chi connectivity index (χ1) is 10.5. The molecule has 0 fully saturated rings. The van der Waals surface area contributed by atoms with E-state index in [0.29, 0.717) is 6.42 Å². The average Bonchev–Trinajstić information content (AvgIpc) is 2.47. The van der Waals surface area contributed by atoms with E-state index in [-0.39, 0.29) is 56.3 Å². The summed E-state index contributed by atoms with van der Waals surface area (Å²) in [6.07, 6.45) is 10.5. The first-order valence-corrected chi connectivity index (χ1v) is 9.98. The minimum Gasteiger partial charge on any atom is -0.744 e. The molecule has 0 amide bonds. The molecule has 0 N–H and O–H groups in total. The second-order valence-corrected chi connectivity index (χ2v) is 7.32. The summed E-state index contributed by atoms with van der Waals surface area (Å²) in [5.74, 6) is 0. The zero-order chi connectivity index (χ0) is 16.4. The van der Waals surface area contributed by atoms with Crippen molar-refractivity contribution in [2.75, 3.05) is 0 Å². The van der Waals surface area contributed by atoms with Gasteiger partial charge in [-0.3, -0.25) is 0 Å². The second-order valence-electron chi connectivity index (χ2n) is 5.97. The van der Waals surface area contributed by atoms with Gasteiger partial charge in [-0.1, -0.05) is 64.5 Å². The summed E-state index contributed by atoms with van der Waals surface area (Å²) in [6, 6.07) is 5.15. The van der Waals surface area contributed by atoms with Gasteiger partial charge < -0.3 is 4.55 Å². The van der Waals surface area contributed by atoms with E-state index in [4.69, 9.17) is 0 Å². The smallest absolute Gasteiger partial charge is 0.744 e. The van der Waals surface area contributed by atoms with Gasteiger partial charge in [0.15, 0.2) is 0 Å². The Morgan fingerprint density at radius 3 is 1.96 bits per heavy atom. The fourth-order valence-electron chi connectivity index (χ4n) is 2.83. The molecule has 1 rings (SSSR count). The fourth-order valence-corrected chi connectivity index (χ4v) is 3.61. The third kappa shape index (κ3) is 9.14. The van der Waals surface area contributed by atoms with Crippen LogP contribution in [-0.4, -0.2) is 13.0 Å². The fraction of sp³-hybridized carbons (Fsp3) is 0.667. The van der Waals surface area contributed by atoms with Crippen molar-refractivity contribution < 1.29 is 64.4 Å².